The van der Waals surface area contributed by atoms with Crippen LogP contribution in [0.1, 0.15) is 39.5 Å². The molecule has 0 radical (unpaired) electrons. The van der Waals surface area contributed by atoms with Crippen LogP contribution in [0.25, 0.3) is 0 Å². The summed E-state index contributed by atoms with van der Waals surface area (Å²) in [6.07, 6.45) is 7.96. The van der Waals surface area contributed by atoms with Crippen molar-refractivity contribution in [2.45, 2.75) is 39.5 Å². The fourth-order valence-electron chi connectivity index (χ4n) is 0.971. The zero-order valence-electron chi connectivity index (χ0n) is 8.51. The predicted molar refractivity (Wildman–Crippen MR) is 54.2 cm³/mol. The summed E-state index contributed by atoms with van der Waals surface area (Å²) < 4.78 is 4.88. The first-order chi connectivity index (χ1) is 6.20. The van der Waals surface area contributed by atoms with E-state index in [1.807, 2.05) is 6.08 Å². The second kappa shape index (κ2) is 7.59. The van der Waals surface area contributed by atoms with Crippen LogP contribution in [0.4, 0.5) is 0 Å². The van der Waals surface area contributed by atoms with Gasteiger partial charge in [0.25, 0.3) is 0 Å². The Hall–Kier alpha value is -1.05. The number of esters is 1. The molecule has 0 bridgehead atoms. The van der Waals surface area contributed by atoms with Gasteiger partial charge in [-0.15, -0.1) is 0 Å². The Morgan fingerprint density at radius 3 is 2.62 bits per heavy atom. The molecule has 0 aliphatic carbocycles. The van der Waals surface area contributed by atoms with Crippen LogP contribution in [0.3, 0.4) is 0 Å². The SMILES string of the molecule is C=C/C(=C/CCCCC)OC(C)=O. The molecule has 0 fully saturated rings. The maximum atomic E-state index is 10.6. The lowest BCUT2D eigenvalue weighted by molar-refractivity contribution is -0.136. The van der Waals surface area contributed by atoms with Crippen molar-refractivity contribution in [1.29, 1.82) is 0 Å². The molecule has 0 rings (SSSR count). The molecule has 0 N–H and O–H groups in total. The van der Waals surface area contributed by atoms with E-state index < -0.39 is 0 Å². The third-order valence-corrected chi connectivity index (χ3v) is 1.62. The van der Waals surface area contributed by atoms with Crippen LogP contribution in [-0.2, 0) is 9.53 Å². The maximum absolute atomic E-state index is 10.6. The van der Waals surface area contributed by atoms with Gasteiger partial charge >= 0.3 is 5.97 Å². The van der Waals surface area contributed by atoms with Gasteiger partial charge in [-0.25, -0.2) is 0 Å². The fourth-order valence-corrected chi connectivity index (χ4v) is 0.971. The van der Waals surface area contributed by atoms with E-state index in [9.17, 15) is 4.79 Å². The Morgan fingerprint density at radius 2 is 2.15 bits per heavy atom. The lowest BCUT2D eigenvalue weighted by Gasteiger charge is -2.00. The summed E-state index contributed by atoms with van der Waals surface area (Å²) in [7, 11) is 0. The van der Waals surface area contributed by atoms with Gasteiger partial charge in [0.05, 0.1) is 0 Å². The molecular weight excluding hydrogens is 164 g/mol. The van der Waals surface area contributed by atoms with Crippen LogP contribution in [0.2, 0.25) is 0 Å². The standard InChI is InChI=1S/C11H18O2/c1-4-6-7-8-9-11(5-2)13-10(3)12/h5,9H,2,4,6-8H2,1,3H3/b11-9-. The van der Waals surface area contributed by atoms with E-state index in [-0.39, 0.29) is 5.97 Å². The largest absolute Gasteiger partial charge is 0.427 e. The highest BCUT2D eigenvalue weighted by molar-refractivity contribution is 5.67. The average Bonchev–Trinajstić information content (AvgIpc) is 2.09. The zero-order valence-corrected chi connectivity index (χ0v) is 8.51. The highest BCUT2D eigenvalue weighted by Gasteiger charge is 1.95. The molecule has 0 heterocycles. The van der Waals surface area contributed by atoms with Gasteiger partial charge < -0.3 is 4.74 Å². The smallest absolute Gasteiger partial charge is 0.308 e. The second-order valence-electron chi connectivity index (χ2n) is 2.90. The second-order valence-corrected chi connectivity index (χ2v) is 2.90. The van der Waals surface area contributed by atoms with E-state index in [0.717, 1.165) is 12.8 Å². The lowest BCUT2D eigenvalue weighted by Crippen LogP contribution is -1.96. The van der Waals surface area contributed by atoms with E-state index in [1.165, 1.54) is 19.8 Å². The summed E-state index contributed by atoms with van der Waals surface area (Å²) in [6, 6.07) is 0. The molecule has 2 nitrogen and oxygen atoms in total. The predicted octanol–water partition coefficient (Wildman–Crippen LogP) is 3.20. The molecule has 0 amide bonds. The summed E-state index contributed by atoms with van der Waals surface area (Å²) in [5.41, 5.74) is 0. The average molecular weight is 182 g/mol. The molecule has 0 spiro atoms. The van der Waals surface area contributed by atoms with Crippen LogP contribution in [0.5, 0.6) is 0 Å². The monoisotopic (exact) mass is 182 g/mol. The lowest BCUT2D eigenvalue weighted by atomic mass is 10.2. The Morgan fingerprint density at radius 1 is 1.46 bits per heavy atom. The molecule has 0 aromatic rings. The molecule has 0 saturated heterocycles. The fraction of sp³-hybridized carbons (Fsp3) is 0.545. The minimum absolute atomic E-state index is 0.290. The van der Waals surface area contributed by atoms with E-state index in [4.69, 9.17) is 4.74 Å². The van der Waals surface area contributed by atoms with E-state index in [1.54, 1.807) is 6.08 Å². The summed E-state index contributed by atoms with van der Waals surface area (Å²) in [5.74, 6) is 0.283. The van der Waals surface area contributed by atoms with Crippen molar-refractivity contribution in [2.24, 2.45) is 0 Å². The Kier molecular flexibility index (Phi) is 6.98. The number of hydrogen-bond donors (Lipinski definition) is 0. The van der Waals surface area contributed by atoms with Gasteiger partial charge in [-0.3, -0.25) is 4.79 Å². The molecule has 0 unspecified atom stereocenters. The first-order valence-electron chi connectivity index (χ1n) is 4.71. The van der Waals surface area contributed by atoms with Crippen LogP contribution >= 0.6 is 0 Å². The Balaban J connectivity index is 3.78. The highest BCUT2D eigenvalue weighted by atomic mass is 16.5. The third kappa shape index (κ3) is 7.32. The first kappa shape index (κ1) is 11.9. The van der Waals surface area contributed by atoms with Crippen molar-refractivity contribution in [3.63, 3.8) is 0 Å². The van der Waals surface area contributed by atoms with E-state index >= 15 is 0 Å². The molecule has 0 atom stereocenters. The van der Waals surface area contributed by atoms with Gasteiger partial charge in [-0.2, -0.15) is 0 Å². The summed E-state index contributed by atoms with van der Waals surface area (Å²) in [5, 5.41) is 0. The number of carbonyl (C=O) groups excluding carboxylic acids is 1. The van der Waals surface area contributed by atoms with Crippen LogP contribution in [0.15, 0.2) is 24.5 Å². The van der Waals surface area contributed by atoms with Crippen molar-refractivity contribution in [2.75, 3.05) is 0 Å². The molecule has 13 heavy (non-hydrogen) atoms. The van der Waals surface area contributed by atoms with Gasteiger partial charge in [0, 0.05) is 6.92 Å². The number of unbranched alkanes of at least 4 members (excludes halogenated alkanes) is 3. The van der Waals surface area contributed by atoms with Gasteiger partial charge in [-0.1, -0.05) is 26.3 Å². The number of allylic oxidation sites excluding steroid dienone is 2. The van der Waals surface area contributed by atoms with E-state index in [0.29, 0.717) is 5.76 Å². The van der Waals surface area contributed by atoms with Crippen molar-refractivity contribution in [3.05, 3.63) is 24.5 Å². The Bertz CT molecular complexity index is 192. The molecule has 0 aromatic heterocycles. The number of rotatable bonds is 6. The Labute approximate surface area is 80.3 Å². The molecule has 0 aromatic carbocycles. The van der Waals surface area contributed by atoms with Crippen molar-refractivity contribution in [1.82, 2.24) is 0 Å². The minimum Gasteiger partial charge on any atom is -0.427 e. The first-order valence-corrected chi connectivity index (χ1v) is 4.71. The third-order valence-electron chi connectivity index (χ3n) is 1.62. The molecular formula is C11H18O2. The quantitative estimate of drug-likeness (QED) is 0.273. The van der Waals surface area contributed by atoms with Gasteiger partial charge in [0.2, 0.25) is 0 Å². The van der Waals surface area contributed by atoms with Gasteiger partial charge in [0.1, 0.15) is 5.76 Å². The summed E-state index contributed by atoms with van der Waals surface area (Å²) >= 11 is 0. The summed E-state index contributed by atoms with van der Waals surface area (Å²) in [4.78, 5) is 10.6. The number of hydrogen-bond acceptors (Lipinski definition) is 2. The molecule has 0 aliphatic heterocycles. The van der Waals surface area contributed by atoms with Crippen molar-refractivity contribution in [3.8, 4) is 0 Å². The van der Waals surface area contributed by atoms with E-state index in [2.05, 4.69) is 13.5 Å². The van der Waals surface area contributed by atoms with Crippen molar-refractivity contribution >= 4 is 5.97 Å². The van der Waals surface area contributed by atoms with Crippen molar-refractivity contribution < 1.29 is 9.53 Å². The highest BCUT2D eigenvalue weighted by Crippen LogP contribution is 2.05. The topological polar surface area (TPSA) is 26.3 Å². The van der Waals surface area contributed by atoms with Crippen LogP contribution in [0, 0.1) is 0 Å². The van der Waals surface area contributed by atoms with Crippen LogP contribution in [-0.4, -0.2) is 5.97 Å². The molecule has 0 saturated carbocycles. The maximum Gasteiger partial charge on any atom is 0.308 e. The zero-order chi connectivity index (χ0) is 10.1. The minimum atomic E-state index is -0.290. The normalized spacial score (nSPS) is 11.1. The molecule has 0 aliphatic rings. The number of carbonyl (C=O) groups is 1. The van der Waals surface area contributed by atoms with Crippen LogP contribution < -0.4 is 0 Å². The van der Waals surface area contributed by atoms with Gasteiger partial charge in [0.15, 0.2) is 0 Å². The summed E-state index contributed by atoms with van der Waals surface area (Å²) in [6.45, 7) is 7.12. The molecule has 74 valence electrons. The number of ether oxygens (including phenoxy) is 1. The van der Waals surface area contributed by atoms with Gasteiger partial charge in [-0.05, 0) is 25.0 Å². The molecule has 2 heteroatoms.